The largest absolute Gasteiger partial charge is 0.326 e. The third-order valence-electron chi connectivity index (χ3n) is 4.05. The number of hydrogen-bond donors (Lipinski definition) is 1. The molecule has 1 unspecified atom stereocenters. The molecule has 0 spiro atoms. The molecule has 0 fully saturated rings. The van der Waals surface area contributed by atoms with Crippen LogP contribution in [-0.2, 0) is 6.54 Å². The van der Waals surface area contributed by atoms with Crippen molar-refractivity contribution < 1.29 is 0 Å². The molecule has 2 N–H and O–H groups in total. The molecule has 3 heteroatoms. The van der Waals surface area contributed by atoms with Crippen LogP contribution in [0, 0.1) is 20.8 Å². The molecule has 108 valence electrons. The molecule has 0 saturated heterocycles. The van der Waals surface area contributed by atoms with Crippen molar-refractivity contribution in [3.63, 3.8) is 0 Å². The molecule has 1 aromatic heterocycles. The first-order valence-electron chi connectivity index (χ1n) is 7.31. The molecule has 0 amide bonds. The highest BCUT2D eigenvalue weighted by Crippen LogP contribution is 2.22. The second-order valence-electron chi connectivity index (χ2n) is 5.72. The quantitative estimate of drug-likeness (QED) is 0.795. The summed E-state index contributed by atoms with van der Waals surface area (Å²) in [5.74, 6) is 1.01. The molecular weight excluding hydrogens is 258 g/mol. The second-order valence-corrected chi connectivity index (χ2v) is 5.72. The maximum atomic E-state index is 6.45. The van der Waals surface area contributed by atoms with Gasteiger partial charge in [-0.3, -0.25) is 0 Å². The first kappa shape index (κ1) is 13.8. The molecule has 0 radical (unpaired) electrons. The Morgan fingerprint density at radius 2 is 1.86 bits per heavy atom. The molecule has 0 saturated carbocycles. The van der Waals surface area contributed by atoms with Crippen LogP contribution in [0.3, 0.4) is 0 Å². The van der Waals surface area contributed by atoms with Crippen molar-refractivity contribution in [2.75, 3.05) is 0 Å². The summed E-state index contributed by atoms with van der Waals surface area (Å²) in [6, 6.07) is 14.6. The highest BCUT2D eigenvalue weighted by Gasteiger charge is 2.13. The Hall–Kier alpha value is -2.13. The van der Waals surface area contributed by atoms with E-state index in [1.165, 1.54) is 16.7 Å². The Kier molecular flexibility index (Phi) is 3.52. The maximum Gasteiger partial charge on any atom is 0.106 e. The van der Waals surface area contributed by atoms with Gasteiger partial charge < -0.3 is 10.3 Å². The molecule has 2 aromatic carbocycles. The number of imidazole rings is 1. The first-order valence-corrected chi connectivity index (χ1v) is 7.31. The normalized spacial score (nSPS) is 12.8. The molecule has 1 atom stereocenters. The smallest absolute Gasteiger partial charge is 0.106 e. The fourth-order valence-corrected chi connectivity index (χ4v) is 2.96. The highest BCUT2D eigenvalue weighted by molar-refractivity contribution is 5.75. The number of fused-ring (bicyclic) bond motifs is 1. The van der Waals surface area contributed by atoms with Crippen molar-refractivity contribution in [2.45, 2.75) is 33.4 Å². The van der Waals surface area contributed by atoms with Gasteiger partial charge in [0.2, 0.25) is 0 Å². The zero-order valence-electron chi connectivity index (χ0n) is 12.8. The zero-order chi connectivity index (χ0) is 15.0. The Labute approximate surface area is 125 Å². The average Bonchev–Trinajstić information content (AvgIpc) is 2.75. The molecule has 21 heavy (non-hydrogen) atoms. The summed E-state index contributed by atoms with van der Waals surface area (Å²) in [7, 11) is 0. The van der Waals surface area contributed by atoms with Gasteiger partial charge in [0.25, 0.3) is 0 Å². The molecule has 3 rings (SSSR count). The van der Waals surface area contributed by atoms with Crippen LogP contribution in [0.25, 0.3) is 11.0 Å². The number of aryl methyl sites for hydroxylation is 3. The van der Waals surface area contributed by atoms with Crippen LogP contribution in [0.1, 0.15) is 28.6 Å². The van der Waals surface area contributed by atoms with Crippen LogP contribution in [0.15, 0.2) is 42.5 Å². The number of para-hydroxylation sites is 2. The predicted molar refractivity (Wildman–Crippen MR) is 87.3 cm³/mol. The number of rotatable bonds is 3. The minimum absolute atomic E-state index is 0.0260. The summed E-state index contributed by atoms with van der Waals surface area (Å²) in [6.45, 7) is 7.02. The summed E-state index contributed by atoms with van der Waals surface area (Å²) in [5.41, 5.74) is 12.4. The van der Waals surface area contributed by atoms with Crippen LogP contribution in [0.5, 0.6) is 0 Å². The van der Waals surface area contributed by atoms with Crippen molar-refractivity contribution >= 4 is 11.0 Å². The third-order valence-corrected chi connectivity index (χ3v) is 4.05. The molecule has 1 heterocycles. The molecule has 0 aliphatic rings. The summed E-state index contributed by atoms with van der Waals surface area (Å²) in [5, 5.41) is 0. The summed E-state index contributed by atoms with van der Waals surface area (Å²) in [4.78, 5) is 4.60. The predicted octanol–water partition coefficient (Wildman–Crippen LogP) is 3.66. The molecule has 0 bridgehead atoms. The van der Waals surface area contributed by atoms with E-state index >= 15 is 0 Å². The lowest BCUT2D eigenvalue weighted by atomic mass is 9.99. The van der Waals surface area contributed by atoms with E-state index in [1.807, 2.05) is 25.1 Å². The molecule has 0 aliphatic heterocycles. The summed E-state index contributed by atoms with van der Waals surface area (Å²) >= 11 is 0. The van der Waals surface area contributed by atoms with E-state index in [-0.39, 0.29) is 6.04 Å². The van der Waals surface area contributed by atoms with Crippen LogP contribution in [0.4, 0.5) is 0 Å². The number of aromatic nitrogens is 2. The molecular formula is C18H21N3. The number of hydrogen-bond acceptors (Lipinski definition) is 2. The van der Waals surface area contributed by atoms with Gasteiger partial charge in [-0.2, -0.15) is 0 Å². The van der Waals surface area contributed by atoms with Gasteiger partial charge in [0.1, 0.15) is 5.82 Å². The van der Waals surface area contributed by atoms with E-state index < -0.39 is 0 Å². The van der Waals surface area contributed by atoms with Crippen molar-refractivity contribution in [3.05, 3.63) is 65.0 Å². The Bertz CT molecular complexity index is 786. The maximum absolute atomic E-state index is 6.45. The van der Waals surface area contributed by atoms with Gasteiger partial charge in [0.05, 0.1) is 11.0 Å². The second kappa shape index (κ2) is 5.34. The first-order chi connectivity index (χ1) is 10.1. The monoisotopic (exact) mass is 279 g/mol. The van der Waals surface area contributed by atoms with Gasteiger partial charge in [0, 0.05) is 12.6 Å². The summed E-state index contributed by atoms with van der Waals surface area (Å²) in [6.07, 6.45) is 0. The van der Waals surface area contributed by atoms with E-state index in [9.17, 15) is 0 Å². The fourth-order valence-electron chi connectivity index (χ4n) is 2.96. The third kappa shape index (κ3) is 2.57. The number of nitrogens with zero attached hydrogens (tertiary/aromatic N) is 2. The Balaban J connectivity index is 1.96. The average molecular weight is 279 g/mol. The van der Waals surface area contributed by atoms with Crippen LogP contribution >= 0.6 is 0 Å². The van der Waals surface area contributed by atoms with Gasteiger partial charge in [-0.15, -0.1) is 0 Å². The minimum Gasteiger partial charge on any atom is -0.326 e. The Morgan fingerprint density at radius 3 is 2.62 bits per heavy atom. The van der Waals surface area contributed by atoms with E-state index in [4.69, 9.17) is 5.73 Å². The van der Waals surface area contributed by atoms with Crippen molar-refractivity contribution in [3.8, 4) is 0 Å². The van der Waals surface area contributed by atoms with Crippen molar-refractivity contribution in [1.82, 2.24) is 9.55 Å². The van der Waals surface area contributed by atoms with Gasteiger partial charge in [-0.25, -0.2) is 4.98 Å². The number of nitrogens with two attached hydrogens (primary N) is 1. The van der Waals surface area contributed by atoms with E-state index in [0.29, 0.717) is 0 Å². The lowest BCUT2D eigenvalue weighted by Crippen LogP contribution is -2.19. The lowest BCUT2D eigenvalue weighted by Gasteiger charge is -2.17. The zero-order valence-corrected chi connectivity index (χ0v) is 12.8. The molecule has 3 aromatic rings. The van der Waals surface area contributed by atoms with Crippen molar-refractivity contribution in [2.24, 2.45) is 5.73 Å². The van der Waals surface area contributed by atoms with Gasteiger partial charge in [-0.1, -0.05) is 35.9 Å². The van der Waals surface area contributed by atoms with Gasteiger partial charge in [0.15, 0.2) is 0 Å². The highest BCUT2D eigenvalue weighted by atomic mass is 15.1. The minimum atomic E-state index is -0.0260. The van der Waals surface area contributed by atoms with E-state index in [2.05, 4.69) is 47.7 Å². The lowest BCUT2D eigenvalue weighted by molar-refractivity contribution is 0.574. The van der Waals surface area contributed by atoms with Crippen LogP contribution in [-0.4, -0.2) is 9.55 Å². The standard InChI is InChI=1S/C18H21N3/c1-12-8-9-15(13(2)10-12)16(19)11-21-14(3)20-17-6-4-5-7-18(17)21/h4-10,16H,11,19H2,1-3H3. The van der Waals surface area contributed by atoms with Gasteiger partial charge >= 0.3 is 0 Å². The van der Waals surface area contributed by atoms with Crippen LogP contribution < -0.4 is 5.73 Å². The summed E-state index contributed by atoms with van der Waals surface area (Å²) < 4.78 is 2.21. The topological polar surface area (TPSA) is 43.8 Å². The van der Waals surface area contributed by atoms with Crippen molar-refractivity contribution in [1.29, 1.82) is 0 Å². The fraction of sp³-hybridized carbons (Fsp3) is 0.278. The number of benzene rings is 2. The van der Waals surface area contributed by atoms with E-state index in [1.54, 1.807) is 0 Å². The Morgan fingerprint density at radius 1 is 1.10 bits per heavy atom. The van der Waals surface area contributed by atoms with Gasteiger partial charge in [-0.05, 0) is 44.0 Å². The SMILES string of the molecule is Cc1ccc(C(N)Cn2c(C)nc3ccccc32)c(C)c1. The molecule has 0 aliphatic carbocycles. The van der Waals surface area contributed by atoms with E-state index in [0.717, 1.165) is 23.4 Å². The van der Waals surface area contributed by atoms with Crippen LogP contribution in [0.2, 0.25) is 0 Å². The molecule has 3 nitrogen and oxygen atoms in total.